The summed E-state index contributed by atoms with van der Waals surface area (Å²) in [7, 11) is 1.48. The molecule has 0 aliphatic heterocycles. The first-order chi connectivity index (χ1) is 5.58. The molecule has 0 amide bonds. The fourth-order valence-electron chi connectivity index (χ4n) is 2.25. The Hall–Kier alpha value is -0.530. The van der Waals surface area contributed by atoms with E-state index in [4.69, 9.17) is 4.74 Å². The summed E-state index contributed by atoms with van der Waals surface area (Å²) < 4.78 is 4.80. The second-order valence-electron chi connectivity index (χ2n) is 4.25. The molecule has 70 valence electrons. The van der Waals surface area contributed by atoms with Gasteiger partial charge in [0, 0.05) is 0 Å². The van der Waals surface area contributed by atoms with Crippen LogP contribution in [0, 0.1) is 11.3 Å². The zero-order valence-corrected chi connectivity index (χ0v) is 8.22. The van der Waals surface area contributed by atoms with E-state index in [2.05, 4.69) is 6.92 Å². The quantitative estimate of drug-likeness (QED) is 0.565. The van der Waals surface area contributed by atoms with Gasteiger partial charge in [0.15, 0.2) is 0 Å². The monoisotopic (exact) mass is 170 g/mol. The van der Waals surface area contributed by atoms with E-state index >= 15 is 0 Å². The molecule has 2 nitrogen and oxygen atoms in total. The lowest BCUT2D eigenvalue weighted by Crippen LogP contribution is -2.33. The maximum absolute atomic E-state index is 11.4. The Labute approximate surface area is 74.3 Å². The summed E-state index contributed by atoms with van der Waals surface area (Å²) in [6, 6.07) is 0. The third-order valence-electron chi connectivity index (χ3n) is 2.90. The molecule has 0 saturated heterocycles. The minimum Gasteiger partial charge on any atom is -0.469 e. The predicted molar refractivity (Wildman–Crippen MR) is 47.8 cm³/mol. The van der Waals surface area contributed by atoms with Crippen molar-refractivity contribution in [3.05, 3.63) is 0 Å². The highest BCUT2D eigenvalue weighted by Gasteiger charge is 2.37. The van der Waals surface area contributed by atoms with Crippen molar-refractivity contribution in [3.8, 4) is 0 Å². The van der Waals surface area contributed by atoms with Crippen molar-refractivity contribution in [2.45, 2.75) is 39.5 Å². The molecule has 2 atom stereocenters. The number of carbonyl (C=O) groups excluding carboxylic acids is 1. The third-order valence-corrected chi connectivity index (χ3v) is 2.90. The van der Waals surface area contributed by atoms with Gasteiger partial charge in [0.1, 0.15) is 0 Å². The smallest absolute Gasteiger partial charge is 0.311 e. The predicted octanol–water partition coefficient (Wildman–Crippen LogP) is 2.38. The average molecular weight is 170 g/mol. The van der Waals surface area contributed by atoms with E-state index in [1.165, 1.54) is 13.5 Å². The lowest BCUT2D eigenvalue weighted by Gasteiger charge is -2.34. The molecule has 1 aliphatic rings. The van der Waals surface area contributed by atoms with Gasteiger partial charge in [-0.25, -0.2) is 0 Å². The van der Waals surface area contributed by atoms with Crippen molar-refractivity contribution in [2.24, 2.45) is 11.3 Å². The molecule has 0 spiro atoms. The van der Waals surface area contributed by atoms with Crippen molar-refractivity contribution < 1.29 is 9.53 Å². The Morgan fingerprint density at radius 1 is 1.58 bits per heavy atom. The van der Waals surface area contributed by atoms with Gasteiger partial charge >= 0.3 is 5.97 Å². The molecular formula is C10H18O2. The van der Waals surface area contributed by atoms with Crippen LogP contribution in [0.1, 0.15) is 39.5 Å². The van der Waals surface area contributed by atoms with Crippen LogP contribution >= 0.6 is 0 Å². The molecule has 12 heavy (non-hydrogen) atoms. The van der Waals surface area contributed by atoms with Crippen LogP contribution in [0.25, 0.3) is 0 Å². The lowest BCUT2D eigenvalue weighted by atomic mass is 9.71. The number of ether oxygens (including phenoxy) is 1. The van der Waals surface area contributed by atoms with Gasteiger partial charge in [-0.05, 0) is 25.7 Å². The van der Waals surface area contributed by atoms with Gasteiger partial charge in [-0.3, -0.25) is 4.79 Å². The van der Waals surface area contributed by atoms with E-state index in [0.717, 1.165) is 19.3 Å². The van der Waals surface area contributed by atoms with Crippen molar-refractivity contribution in [2.75, 3.05) is 7.11 Å². The van der Waals surface area contributed by atoms with Gasteiger partial charge in [-0.1, -0.05) is 19.8 Å². The number of rotatable bonds is 1. The van der Waals surface area contributed by atoms with Crippen LogP contribution in [0.4, 0.5) is 0 Å². The number of carbonyl (C=O) groups is 1. The molecule has 0 heterocycles. The summed E-state index contributed by atoms with van der Waals surface area (Å²) in [6.45, 7) is 4.23. The first-order valence-electron chi connectivity index (χ1n) is 4.67. The molecule has 0 N–H and O–H groups in total. The zero-order valence-electron chi connectivity index (χ0n) is 8.22. The van der Waals surface area contributed by atoms with Crippen LogP contribution in [0.5, 0.6) is 0 Å². The van der Waals surface area contributed by atoms with E-state index in [9.17, 15) is 4.79 Å². The van der Waals surface area contributed by atoms with Gasteiger partial charge in [0.25, 0.3) is 0 Å². The number of hydrogen-bond acceptors (Lipinski definition) is 2. The molecular weight excluding hydrogens is 152 g/mol. The highest BCUT2D eigenvalue weighted by atomic mass is 16.5. The normalized spacial score (nSPS) is 36.1. The Morgan fingerprint density at radius 2 is 2.25 bits per heavy atom. The highest BCUT2D eigenvalue weighted by Crippen LogP contribution is 2.39. The van der Waals surface area contributed by atoms with E-state index in [-0.39, 0.29) is 11.4 Å². The summed E-state index contributed by atoms with van der Waals surface area (Å²) in [5.74, 6) is 0.636. The first kappa shape index (κ1) is 9.56. The van der Waals surface area contributed by atoms with Crippen molar-refractivity contribution in [1.29, 1.82) is 0 Å². The summed E-state index contributed by atoms with van der Waals surface area (Å²) in [4.78, 5) is 11.4. The van der Waals surface area contributed by atoms with Crippen LogP contribution in [0.15, 0.2) is 0 Å². The van der Waals surface area contributed by atoms with E-state index in [1.54, 1.807) is 0 Å². The molecule has 1 saturated carbocycles. The lowest BCUT2D eigenvalue weighted by molar-refractivity contribution is -0.154. The van der Waals surface area contributed by atoms with Gasteiger partial charge in [0.05, 0.1) is 12.5 Å². The van der Waals surface area contributed by atoms with Gasteiger partial charge in [-0.2, -0.15) is 0 Å². The molecule has 1 aliphatic carbocycles. The first-order valence-corrected chi connectivity index (χ1v) is 4.67. The molecule has 1 rings (SSSR count). The minimum atomic E-state index is -0.202. The Morgan fingerprint density at radius 3 is 2.75 bits per heavy atom. The van der Waals surface area contributed by atoms with Crippen molar-refractivity contribution in [3.63, 3.8) is 0 Å². The van der Waals surface area contributed by atoms with Crippen LogP contribution in [0.3, 0.4) is 0 Å². The van der Waals surface area contributed by atoms with Gasteiger partial charge in [-0.15, -0.1) is 0 Å². The SMILES string of the molecule is COC(=O)C1(C)CCCC(C)C1. The van der Waals surface area contributed by atoms with Crippen LogP contribution in [-0.2, 0) is 9.53 Å². The Balaban J connectivity index is 2.63. The van der Waals surface area contributed by atoms with Crippen molar-refractivity contribution >= 4 is 5.97 Å². The minimum absolute atomic E-state index is 0.0333. The highest BCUT2D eigenvalue weighted by molar-refractivity contribution is 5.76. The maximum atomic E-state index is 11.4. The van der Waals surface area contributed by atoms with Gasteiger partial charge in [0.2, 0.25) is 0 Å². The van der Waals surface area contributed by atoms with E-state index in [0.29, 0.717) is 5.92 Å². The largest absolute Gasteiger partial charge is 0.469 e. The summed E-state index contributed by atoms with van der Waals surface area (Å²) >= 11 is 0. The second kappa shape index (κ2) is 3.46. The average Bonchev–Trinajstić information content (AvgIpc) is 2.02. The molecule has 1 fully saturated rings. The summed E-state index contributed by atoms with van der Waals surface area (Å²) in [5.41, 5.74) is -0.202. The molecule has 0 aromatic rings. The van der Waals surface area contributed by atoms with Crippen LogP contribution in [0.2, 0.25) is 0 Å². The van der Waals surface area contributed by atoms with Crippen LogP contribution in [-0.4, -0.2) is 13.1 Å². The van der Waals surface area contributed by atoms with Gasteiger partial charge < -0.3 is 4.74 Å². The fraction of sp³-hybridized carbons (Fsp3) is 0.900. The maximum Gasteiger partial charge on any atom is 0.311 e. The molecule has 0 aromatic carbocycles. The fourth-order valence-corrected chi connectivity index (χ4v) is 2.25. The molecule has 0 radical (unpaired) electrons. The third kappa shape index (κ3) is 1.79. The number of esters is 1. The summed E-state index contributed by atoms with van der Waals surface area (Å²) in [5, 5.41) is 0. The van der Waals surface area contributed by atoms with Crippen LogP contribution < -0.4 is 0 Å². The number of methoxy groups -OCH3 is 1. The molecule has 2 unspecified atom stereocenters. The van der Waals surface area contributed by atoms with E-state index < -0.39 is 0 Å². The Kier molecular flexibility index (Phi) is 2.76. The molecule has 2 heteroatoms. The Bertz CT molecular complexity index is 177. The van der Waals surface area contributed by atoms with E-state index in [1.807, 2.05) is 6.92 Å². The zero-order chi connectivity index (χ0) is 9.19. The molecule has 0 aromatic heterocycles. The standard InChI is InChI=1S/C10H18O2/c1-8-5-4-6-10(2,7-8)9(11)12-3/h8H,4-7H2,1-3H3. The second-order valence-corrected chi connectivity index (χ2v) is 4.25. The molecule has 0 bridgehead atoms. The van der Waals surface area contributed by atoms with Crippen molar-refractivity contribution in [1.82, 2.24) is 0 Å². The number of hydrogen-bond donors (Lipinski definition) is 0. The summed E-state index contributed by atoms with van der Waals surface area (Å²) in [6.07, 6.45) is 4.39. The topological polar surface area (TPSA) is 26.3 Å².